The number of nitrogens with one attached hydrogen (secondary N) is 1. The molecule has 1 N–H and O–H groups in total. The van der Waals surface area contributed by atoms with Gasteiger partial charge in [-0.15, -0.1) is 0 Å². The third-order valence-electron chi connectivity index (χ3n) is 4.91. The molecule has 0 saturated carbocycles. The highest BCUT2D eigenvalue weighted by Gasteiger charge is 2.17. The smallest absolute Gasteiger partial charge is 0.228 e. The molecule has 29 heavy (non-hydrogen) atoms. The standard InChI is InChI=1S/C24H22FNO3/c1-15-11-16(2)24(26-23(27)14-18-5-3-4-6-20(18)25)19(12-15)17-7-8-21-22(13-17)29-10-9-28-21/h3-8,11-13H,9-10,14H2,1-2H3,(H,26,27). The van der Waals surface area contributed by atoms with Gasteiger partial charge in [-0.1, -0.05) is 35.9 Å². The Labute approximate surface area is 169 Å². The Balaban J connectivity index is 1.67. The second-order valence-electron chi connectivity index (χ2n) is 7.18. The SMILES string of the molecule is Cc1cc(C)c(NC(=O)Cc2ccccc2F)c(-c2ccc3c(c2)OCCO3)c1. The lowest BCUT2D eigenvalue weighted by atomic mass is 9.97. The van der Waals surface area contributed by atoms with Crippen molar-refractivity contribution in [3.05, 3.63) is 77.1 Å². The lowest BCUT2D eigenvalue weighted by Crippen LogP contribution is -2.17. The second-order valence-corrected chi connectivity index (χ2v) is 7.18. The quantitative estimate of drug-likeness (QED) is 0.676. The van der Waals surface area contributed by atoms with Crippen LogP contribution < -0.4 is 14.8 Å². The topological polar surface area (TPSA) is 47.6 Å². The van der Waals surface area contributed by atoms with Crippen LogP contribution in [0.4, 0.5) is 10.1 Å². The van der Waals surface area contributed by atoms with Gasteiger partial charge in [-0.3, -0.25) is 4.79 Å². The molecule has 0 aromatic heterocycles. The average Bonchev–Trinajstić information content (AvgIpc) is 2.71. The van der Waals surface area contributed by atoms with Crippen molar-refractivity contribution in [2.24, 2.45) is 0 Å². The number of ether oxygens (including phenoxy) is 2. The number of aryl methyl sites for hydroxylation is 2. The van der Waals surface area contributed by atoms with Gasteiger partial charge in [0.25, 0.3) is 0 Å². The summed E-state index contributed by atoms with van der Waals surface area (Å²) in [4.78, 5) is 12.7. The Bertz CT molecular complexity index is 1080. The maximum absolute atomic E-state index is 13.9. The Morgan fingerprint density at radius 2 is 1.76 bits per heavy atom. The molecule has 1 amide bonds. The van der Waals surface area contributed by atoms with Crippen LogP contribution >= 0.6 is 0 Å². The number of hydrogen-bond acceptors (Lipinski definition) is 3. The zero-order chi connectivity index (χ0) is 20.4. The van der Waals surface area contributed by atoms with Gasteiger partial charge in [0.15, 0.2) is 11.5 Å². The van der Waals surface area contributed by atoms with Crippen LogP contribution in [0, 0.1) is 19.7 Å². The van der Waals surface area contributed by atoms with E-state index in [9.17, 15) is 9.18 Å². The van der Waals surface area contributed by atoms with Gasteiger partial charge in [-0.25, -0.2) is 4.39 Å². The summed E-state index contributed by atoms with van der Waals surface area (Å²) in [5.74, 6) is 0.766. The predicted octanol–water partition coefficient (Wildman–Crippen LogP) is 5.06. The number of rotatable bonds is 4. The number of benzene rings is 3. The molecule has 1 aliphatic rings. The van der Waals surface area contributed by atoms with Crippen LogP contribution in [0.3, 0.4) is 0 Å². The van der Waals surface area contributed by atoms with Crippen LogP contribution in [0.2, 0.25) is 0 Å². The number of fused-ring (bicyclic) bond motifs is 1. The molecule has 148 valence electrons. The minimum absolute atomic E-state index is 0.0272. The summed E-state index contributed by atoms with van der Waals surface area (Å²) >= 11 is 0. The lowest BCUT2D eigenvalue weighted by molar-refractivity contribution is -0.115. The zero-order valence-electron chi connectivity index (χ0n) is 16.4. The van der Waals surface area contributed by atoms with E-state index >= 15 is 0 Å². The van der Waals surface area contributed by atoms with Crippen molar-refractivity contribution in [1.82, 2.24) is 0 Å². The van der Waals surface area contributed by atoms with E-state index < -0.39 is 0 Å². The molecule has 0 unspecified atom stereocenters. The van der Waals surface area contributed by atoms with E-state index in [1.54, 1.807) is 18.2 Å². The van der Waals surface area contributed by atoms with E-state index in [1.807, 2.05) is 44.2 Å². The van der Waals surface area contributed by atoms with Crippen molar-refractivity contribution in [1.29, 1.82) is 0 Å². The lowest BCUT2D eigenvalue weighted by Gasteiger charge is -2.20. The molecule has 0 bridgehead atoms. The maximum atomic E-state index is 13.9. The number of hydrogen-bond donors (Lipinski definition) is 1. The monoisotopic (exact) mass is 391 g/mol. The van der Waals surface area contributed by atoms with Gasteiger partial charge < -0.3 is 14.8 Å². The molecule has 1 heterocycles. The first-order valence-corrected chi connectivity index (χ1v) is 9.56. The van der Waals surface area contributed by atoms with Crippen molar-refractivity contribution in [3.63, 3.8) is 0 Å². The molecular formula is C24H22FNO3. The second kappa shape index (κ2) is 7.95. The van der Waals surface area contributed by atoms with Gasteiger partial charge >= 0.3 is 0 Å². The van der Waals surface area contributed by atoms with Crippen molar-refractivity contribution >= 4 is 11.6 Å². The fourth-order valence-corrected chi connectivity index (χ4v) is 3.57. The van der Waals surface area contributed by atoms with E-state index in [4.69, 9.17) is 9.47 Å². The highest BCUT2D eigenvalue weighted by atomic mass is 19.1. The Kier molecular flexibility index (Phi) is 5.21. The minimum atomic E-state index is -0.379. The molecule has 3 aromatic carbocycles. The molecule has 0 fully saturated rings. The van der Waals surface area contributed by atoms with Gasteiger partial charge in [0.05, 0.1) is 12.1 Å². The van der Waals surface area contributed by atoms with Crippen LogP contribution in [0.15, 0.2) is 54.6 Å². The van der Waals surface area contributed by atoms with Crippen LogP contribution in [0.5, 0.6) is 11.5 Å². The molecule has 0 radical (unpaired) electrons. The first-order valence-electron chi connectivity index (χ1n) is 9.56. The number of carbonyl (C=O) groups is 1. The summed E-state index contributed by atoms with van der Waals surface area (Å²) in [5, 5.41) is 2.98. The molecule has 0 aliphatic carbocycles. The van der Waals surface area contributed by atoms with Crippen molar-refractivity contribution in [2.75, 3.05) is 18.5 Å². The van der Waals surface area contributed by atoms with Crippen LogP contribution in [-0.4, -0.2) is 19.1 Å². The molecule has 0 saturated heterocycles. The minimum Gasteiger partial charge on any atom is -0.486 e. The van der Waals surface area contributed by atoms with Crippen LogP contribution in [0.1, 0.15) is 16.7 Å². The molecule has 3 aromatic rings. The number of halogens is 1. The summed E-state index contributed by atoms with van der Waals surface area (Å²) < 4.78 is 25.2. The largest absolute Gasteiger partial charge is 0.486 e. The summed E-state index contributed by atoms with van der Waals surface area (Å²) in [5.41, 5.74) is 4.92. The maximum Gasteiger partial charge on any atom is 0.228 e. The fourth-order valence-electron chi connectivity index (χ4n) is 3.57. The molecular weight excluding hydrogens is 369 g/mol. The summed E-state index contributed by atoms with van der Waals surface area (Å²) in [6, 6.07) is 16.1. The van der Waals surface area contributed by atoms with E-state index in [1.165, 1.54) is 6.07 Å². The molecule has 4 nitrogen and oxygen atoms in total. The third kappa shape index (κ3) is 4.09. The highest BCUT2D eigenvalue weighted by Crippen LogP contribution is 2.38. The first-order chi connectivity index (χ1) is 14.0. The summed E-state index contributed by atoms with van der Waals surface area (Å²) in [6.45, 7) is 5.01. The van der Waals surface area contributed by atoms with Crippen LogP contribution in [0.25, 0.3) is 11.1 Å². The molecule has 0 spiro atoms. The van der Waals surface area contributed by atoms with Gasteiger partial charge in [-0.05, 0) is 54.8 Å². The van der Waals surface area contributed by atoms with Gasteiger partial charge in [0, 0.05) is 5.56 Å². The average molecular weight is 391 g/mol. The fraction of sp³-hybridized carbons (Fsp3) is 0.208. The third-order valence-corrected chi connectivity index (χ3v) is 4.91. The van der Waals surface area contributed by atoms with Gasteiger partial charge in [0.2, 0.25) is 5.91 Å². The number of carbonyl (C=O) groups excluding carboxylic acids is 1. The summed E-state index contributed by atoms with van der Waals surface area (Å²) in [6.07, 6.45) is -0.0272. The van der Waals surface area contributed by atoms with E-state index in [0.717, 1.165) is 28.0 Å². The van der Waals surface area contributed by atoms with Gasteiger partial charge in [0.1, 0.15) is 19.0 Å². The molecule has 0 atom stereocenters. The van der Waals surface area contributed by atoms with Crippen molar-refractivity contribution in [2.45, 2.75) is 20.3 Å². The summed E-state index contributed by atoms with van der Waals surface area (Å²) in [7, 11) is 0. The first kappa shape index (κ1) is 19.0. The van der Waals surface area contributed by atoms with Crippen LogP contribution in [-0.2, 0) is 11.2 Å². The Hall–Kier alpha value is -3.34. The normalized spacial score (nSPS) is 12.5. The molecule has 5 heteroatoms. The molecule has 4 rings (SSSR count). The number of amides is 1. The van der Waals surface area contributed by atoms with E-state index in [-0.39, 0.29) is 18.1 Å². The van der Waals surface area contributed by atoms with E-state index in [2.05, 4.69) is 5.32 Å². The Morgan fingerprint density at radius 3 is 2.55 bits per heavy atom. The Morgan fingerprint density at radius 1 is 1.00 bits per heavy atom. The van der Waals surface area contributed by atoms with Crippen molar-refractivity contribution < 1.29 is 18.7 Å². The van der Waals surface area contributed by atoms with Gasteiger partial charge in [-0.2, -0.15) is 0 Å². The van der Waals surface area contributed by atoms with Crippen molar-refractivity contribution in [3.8, 4) is 22.6 Å². The zero-order valence-corrected chi connectivity index (χ0v) is 16.4. The highest BCUT2D eigenvalue weighted by molar-refractivity contribution is 5.98. The number of anilines is 1. The van der Waals surface area contributed by atoms with E-state index in [0.29, 0.717) is 30.2 Å². The molecule has 1 aliphatic heterocycles. The predicted molar refractivity (Wildman–Crippen MR) is 111 cm³/mol.